The highest BCUT2D eigenvalue weighted by Gasteiger charge is 2.10. The number of para-hydroxylation sites is 1. The third-order valence-electron chi connectivity index (χ3n) is 3.21. The van der Waals surface area contributed by atoms with Gasteiger partial charge in [-0.15, -0.1) is 0 Å². The number of hydrogen-bond donors (Lipinski definition) is 0. The Balaban J connectivity index is 1.80. The molecule has 0 saturated carbocycles. The largest absolute Gasteiger partial charge is 0.493 e. The lowest BCUT2D eigenvalue weighted by molar-refractivity contribution is -0.0512. The molecule has 0 N–H and O–H groups in total. The van der Waals surface area contributed by atoms with Crippen LogP contribution in [0.4, 0.5) is 8.78 Å². The zero-order valence-corrected chi connectivity index (χ0v) is 13.9. The summed E-state index contributed by atoms with van der Waals surface area (Å²) in [5, 5.41) is 3.81. The predicted octanol–water partition coefficient (Wildman–Crippen LogP) is 4.03. The first-order valence-electron chi connectivity index (χ1n) is 7.56. The van der Waals surface area contributed by atoms with Crippen LogP contribution in [0.25, 0.3) is 0 Å². The SMILES string of the molecule is COc1cc(C=NOCCOc2ccccc2C)ccc1OC(F)F. The summed E-state index contributed by atoms with van der Waals surface area (Å²) in [6.45, 7) is -0.324. The summed E-state index contributed by atoms with van der Waals surface area (Å²) >= 11 is 0. The highest BCUT2D eigenvalue weighted by molar-refractivity contribution is 5.80. The van der Waals surface area contributed by atoms with Gasteiger partial charge in [0.15, 0.2) is 18.1 Å². The summed E-state index contributed by atoms with van der Waals surface area (Å²) in [6, 6.07) is 12.2. The zero-order chi connectivity index (χ0) is 18.1. The summed E-state index contributed by atoms with van der Waals surface area (Å²) in [6.07, 6.45) is 1.45. The zero-order valence-electron chi connectivity index (χ0n) is 13.9. The van der Waals surface area contributed by atoms with E-state index in [0.717, 1.165) is 11.3 Å². The molecule has 0 heterocycles. The van der Waals surface area contributed by atoms with Gasteiger partial charge in [0, 0.05) is 5.56 Å². The second-order valence-electron chi connectivity index (χ2n) is 4.97. The summed E-state index contributed by atoms with van der Waals surface area (Å²) in [7, 11) is 1.37. The van der Waals surface area contributed by atoms with E-state index in [1.165, 1.54) is 25.5 Å². The molecule has 0 bridgehead atoms. The second kappa shape index (κ2) is 9.46. The molecular formula is C18H19F2NO4. The Bertz CT molecular complexity index is 707. The lowest BCUT2D eigenvalue weighted by Crippen LogP contribution is -2.05. The van der Waals surface area contributed by atoms with Gasteiger partial charge in [-0.1, -0.05) is 23.4 Å². The minimum Gasteiger partial charge on any atom is -0.493 e. The van der Waals surface area contributed by atoms with Gasteiger partial charge in [-0.3, -0.25) is 0 Å². The molecule has 0 unspecified atom stereocenters. The Morgan fingerprint density at radius 3 is 2.56 bits per heavy atom. The van der Waals surface area contributed by atoms with Crippen LogP contribution in [0.2, 0.25) is 0 Å². The number of hydrogen-bond acceptors (Lipinski definition) is 5. The molecule has 2 rings (SSSR count). The van der Waals surface area contributed by atoms with E-state index in [2.05, 4.69) is 9.89 Å². The topological polar surface area (TPSA) is 49.3 Å². The standard InChI is InChI=1S/C18H19F2NO4/c1-13-5-3-4-6-15(13)23-9-10-24-21-12-14-7-8-16(25-18(19)20)17(11-14)22-2/h3-8,11-12,18H,9-10H2,1-2H3. The fourth-order valence-corrected chi connectivity index (χ4v) is 2.02. The average molecular weight is 351 g/mol. The van der Waals surface area contributed by atoms with Crippen molar-refractivity contribution < 1.29 is 27.8 Å². The lowest BCUT2D eigenvalue weighted by atomic mass is 10.2. The third kappa shape index (κ3) is 5.95. The van der Waals surface area contributed by atoms with Gasteiger partial charge in [0.25, 0.3) is 0 Å². The fraction of sp³-hybridized carbons (Fsp3) is 0.278. The van der Waals surface area contributed by atoms with E-state index in [1.807, 2.05) is 31.2 Å². The van der Waals surface area contributed by atoms with E-state index >= 15 is 0 Å². The summed E-state index contributed by atoms with van der Waals surface area (Å²) in [5.74, 6) is 0.948. The Labute approximate surface area is 144 Å². The van der Waals surface area contributed by atoms with E-state index in [9.17, 15) is 8.78 Å². The Morgan fingerprint density at radius 1 is 1.04 bits per heavy atom. The van der Waals surface area contributed by atoms with Crippen molar-refractivity contribution in [3.05, 3.63) is 53.6 Å². The lowest BCUT2D eigenvalue weighted by Gasteiger charge is -2.10. The summed E-state index contributed by atoms with van der Waals surface area (Å²) in [5.41, 5.74) is 1.67. The van der Waals surface area contributed by atoms with Crippen LogP contribution >= 0.6 is 0 Å². The number of oxime groups is 1. The second-order valence-corrected chi connectivity index (χ2v) is 4.97. The quantitative estimate of drug-likeness (QED) is 0.389. The number of alkyl halides is 2. The van der Waals surface area contributed by atoms with E-state index < -0.39 is 6.61 Å². The molecule has 0 radical (unpaired) electrons. The van der Waals surface area contributed by atoms with Crippen molar-refractivity contribution >= 4 is 6.21 Å². The smallest absolute Gasteiger partial charge is 0.387 e. The van der Waals surface area contributed by atoms with Crippen molar-refractivity contribution in [1.82, 2.24) is 0 Å². The molecule has 0 aliphatic heterocycles. The van der Waals surface area contributed by atoms with Crippen molar-refractivity contribution in [2.75, 3.05) is 20.3 Å². The highest BCUT2D eigenvalue weighted by atomic mass is 19.3. The number of rotatable bonds is 9. The van der Waals surface area contributed by atoms with Gasteiger partial charge < -0.3 is 19.0 Å². The van der Waals surface area contributed by atoms with Crippen LogP contribution in [0, 0.1) is 6.92 Å². The van der Waals surface area contributed by atoms with Gasteiger partial charge in [0.2, 0.25) is 0 Å². The predicted molar refractivity (Wildman–Crippen MR) is 89.8 cm³/mol. The molecule has 5 nitrogen and oxygen atoms in total. The molecule has 0 aliphatic carbocycles. The van der Waals surface area contributed by atoms with Crippen LogP contribution in [0.15, 0.2) is 47.6 Å². The summed E-state index contributed by atoms with van der Waals surface area (Å²) < 4.78 is 39.5. The maximum absolute atomic E-state index is 12.3. The molecule has 0 spiro atoms. The van der Waals surface area contributed by atoms with Crippen molar-refractivity contribution in [3.63, 3.8) is 0 Å². The third-order valence-corrected chi connectivity index (χ3v) is 3.21. The highest BCUT2D eigenvalue weighted by Crippen LogP contribution is 2.28. The van der Waals surface area contributed by atoms with Gasteiger partial charge >= 0.3 is 6.61 Å². The van der Waals surface area contributed by atoms with E-state index in [-0.39, 0.29) is 18.1 Å². The minimum atomic E-state index is -2.91. The van der Waals surface area contributed by atoms with Gasteiger partial charge in [-0.05, 0) is 36.8 Å². The monoisotopic (exact) mass is 351 g/mol. The van der Waals surface area contributed by atoms with Gasteiger partial charge in [-0.25, -0.2) is 0 Å². The first-order valence-corrected chi connectivity index (χ1v) is 7.56. The number of halogens is 2. The molecule has 0 amide bonds. The number of aryl methyl sites for hydroxylation is 1. The van der Waals surface area contributed by atoms with Crippen LogP contribution in [-0.4, -0.2) is 33.1 Å². The molecule has 2 aromatic rings. The maximum Gasteiger partial charge on any atom is 0.387 e. The number of benzene rings is 2. The Hall–Kier alpha value is -2.83. The number of methoxy groups -OCH3 is 1. The number of nitrogens with zero attached hydrogens (tertiary/aromatic N) is 1. The van der Waals surface area contributed by atoms with Crippen LogP contribution in [0.5, 0.6) is 17.2 Å². The van der Waals surface area contributed by atoms with E-state index in [0.29, 0.717) is 12.2 Å². The molecule has 0 fully saturated rings. The van der Waals surface area contributed by atoms with Gasteiger partial charge in [0.05, 0.1) is 13.3 Å². The maximum atomic E-state index is 12.3. The van der Waals surface area contributed by atoms with Crippen molar-refractivity contribution in [3.8, 4) is 17.2 Å². The molecule has 0 saturated heterocycles. The Kier molecular flexibility index (Phi) is 7.00. The minimum absolute atomic E-state index is 0.0396. The molecule has 25 heavy (non-hydrogen) atoms. The van der Waals surface area contributed by atoms with Gasteiger partial charge in [-0.2, -0.15) is 8.78 Å². The fourth-order valence-electron chi connectivity index (χ4n) is 2.02. The normalized spacial score (nSPS) is 10.9. The molecular weight excluding hydrogens is 332 g/mol. The van der Waals surface area contributed by atoms with Crippen LogP contribution in [-0.2, 0) is 4.84 Å². The molecule has 134 valence electrons. The Morgan fingerprint density at radius 2 is 1.84 bits per heavy atom. The van der Waals surface area contributed by atoms with Gasteiger partial charge in [0.1, 0.15) is 12.4 Å². The first kappa shape index (κ1) is 18.5. The van der Waals surface area contributed by atoms with Crippen LogP contribution in [0.1, 0.15) is 11.1 Å². The van der Waals surface area contributed by atoms with Crippen LogP contribution in [0.3, 0.4) is 0 Å². The molecule has 2 aromatic carbocycles. The van der Waals surface area contributed by atoms with E-state index in [1.54, 1.807) is 6.07 Å². The molecule has 7 heteroatoms. The molecule has 0 atom stereocenters. The number of ether oxygens (including phenoxy) is 3. The molecule has 0 aliphatic rings. The average Bonchev–Trinajstić information content (AvgIpc) is 2.60. The summed E-state index contributed by atoms with van der Waals surface area (Å²) in [4.78, 5) is 5.12. The van der Waals surface area contributed by atoms with Crippen molar-refractivity contribution in [2.24, 2.45) is 5.16 Å². The van der Waals surface area contributed by atoms with Crippen molar-refractivity contribution in [2.45, 2.75) is 13.5 Å². The van der Waals surface area contributed by atoms with Crippen LogP contribution < -0.4 is 14.2 Å². The molecule has 0 aromatic heterocycles. The van der Waals surface area contributed by atoms with E-state index in [4.69, 9.17) is 14.3 Å². The van der Waals surface area contributed by atoms with Crippen molar-refractivity contribution in [1.29, 1.82) is 0 Å². The first-order chi connectivity index (χ1) is 12.1.